The summed E-state index contributed by atoms with van der Waals surface area (Å²) in [4.78, 5) is 17.0. The van der Waals surface area contributed by atoms with Crippen molar-refractivity contribution in [2.45, 2.75) is 19.8 Å². The van der Waals surface area contributed by atoms with Crippen molar-refractivity contribution in [3.05, 3.63) is 34.6 Å². The highest BCUT2D eigenvalue weighted by atomic mass is 32.1. The third-order valence-electron chi connectivity index (χ3n) is 3.91. The van der Waals surface area contributed by atoms with Crippen LogP contribution in [0, 0.1) is 0 Å². The fourth-order valence-electron chi connectivity index (χ4n) is 2.74. The molecule has 3 rings (SSSR count). The summed E-state index contributed by atoms with van der Waals surface area (Å²) < 4.78 is 22.8. The number of benzene rings is 1. The fourth-order valence-corrected chi connectivity index (χ4v) is 3.58. The Morgan fingerprint density at radius 3 is 2.44 bits per heavy atom. The second-order valence-electron chi connectivity index (χ2n) is 5.64. The van der Waals surface area contributed by atoms with Gasteiger partial charge in [0.2, 0.25) is 10.7 Å². The molecule has 0 fully saturated rings. The van der Waals surface area contributed by atoms with Crippen LogP contribution in [0.5, 0.6) is 17.2 Å². The largest absolute Gasteiger partial charge is 0.493 e. The summed E-state index contributed by atoms with van der Waals surface area (Å²) >= 11 is 1.44. The van der Waals surface area contributed by atoms with Crippen molar-refractivity contribution in [1.82, 2.24) is 14.6 Å². The third-order valence-corrected chi connectivity index (χ3v) is 4.78. The average Bonchev–Trinajstić information content (AvgIpc) is 3.22. The summed E-state index contributed by atoms with van der Waals surface area (Å²) in [7, 11) is 4.72. The summed E-state index contributed by atoms with van der Waals surface area (Å²) in [6.45, 7) is 2.14. The molecule has 0 atom stereocenters. The number of fused-ring (bicyclic) bond motifs is 1. The molecule has 0 amide bonds. The maximum absolute atomic E-state index is 11.7. The van der Waals surface area contributed by atoms with Gasteiger partial charge in [0.1, 0.15) is 0 Å². The average molecular weight is 391 g/mol. The van der Waals surface area contributed by atoms with E-state index in [2.05, 4.69) is 10.1 Å². The van der Waals surface area contributed by atoms with Crippen LogP contribution in [0.15, 0.2) is 17.5 Å². The Morgan fingerprint density at radius 1 is 1.15 bits per heavy atom. The molecule has 2 heterocycles. The Hall–Kier alpha value is -2.81. The summed E-state index contributed by atoms with van der Waals surface area (Å²) in [5.41, 5.74) is 1.69. The molecule has 0 saturated heterocycles. The molecule has 0 unspecified atom stereocenters. The summed E-state index contributed by atoms with van der Waals surface area (Å²) in [6.07, 6.45) is 0.658. The molecular weight excluding hydrogens is 370 g/mol. The van der Waals surface area contributed by atoms with Gasteiger partial charge in [-0.1, -0.05) is 0 Å². The van der Waals surface area contributed by atoms with E-state index >= 15 is 0 Å². The molecular formula is C18H21N3O5S. The van der Waals surface area contributed by atoms with E-state index < -0.39 is 0 Å². The van der Waals surface area contributed by atoms with Crippen molar-refractivity contribution in [2.75, 3.05) is 27.9 Å². The summed E-state index contributed by atoms with van der Waals surface area (Å²) in [6, 6.07) is 3.74. The van der Waals surface area contributed by atoms with E-state index in [0.29, 0.717) is 36.1 Å². The van der Waals surface area contributed by atoms with Crippen LogP contribution in [0.25, 0.3) is 4.96 Å². The number of aromatic nitrogens is 3. The van der Waals surface area contributed by atoms with Crippen LogP contribution < -0.4 is 14.2 Å². The topological polar surface area (TPSA) is 84.2 Å². The fraction of sp³-hybridized carbons (Fsp3) is 0.389. The monoisotopic (exact) mass is 391 g/mol. The molecule has 8 nitrogen and oxygen atoms in total. The molecule has 0 saturated carbocycles. The van der Waals surface area contributed by atoms with E-state index in [9.17, 15) is 4.79 Å². The highest BCUT2D eigenvalue weighted by Crippen LogP contribution is 2.38. The molecule has 0 radical (unpaired) electrons. The number of nitrogens with zero attached hydrogens (tertiary/aromatic N) is 3. The van der Waals surface area contributed by atoms with Crippen molar-refractivity contribution >= 4 is 22.3 Å². The van der Waals surface area contributed by atoms with Crippen molar-refractivity contribution in [3.63, 3.8) is 0 Å². The van der Waals surface area contributed by atoms with E-state index in [-0.39, 0.29) is 12.4 Å². The van der Waals surface area contributed by atoms with Crippen LogP contribution in [0.2, 0.25) is 0 Å². The number of ether oxygens (including phenoxy) is 4. The van der Waals surface area contributed by atoms with Crippen LogP contribution >= 0.6 is 11.3 Å². The number of esters is 1. The van der Waals surface area contributed by atoms with Crippen LogP contribution in [0.1, 0.15) is 24.0 Å². The highest BCUT2D eigenvalue weighted by molar-refractivity contribution is 7.15. The van der Waals surface area contributed by atoms with Gasteiger partial charge in [-0.15, -0.1) is 16.4 Å². The van der Waals surface area contributed by atoms with Gasteiger partial charge in [-0.3, -0.25) is 4.79 Å². The minimum absolute atomic E-state index is 0.167. The molecule has 2 aromatic heterocycles. The molecule has 0 spiro atoms. The molecule has 0 aliphatic carbocycles. The first-order valence-electron chi connectivity index (χ1n) is 8.36. The number of hydrogen-bond acceptors (Lipinski definition) is 8. The van der Waals surface area contributed by atoms with Gasteiger partial charge in [-0.25, -0.2) is 9.50 Å². The Bertz CT molecular complexity index is 925. The molecule has 0 aliphatic heterocycles. The van der Waals surface area contributed by atoms with Crippen molar-refractivity contribution in [3.8, 4) is 17.2 Å². The predicted octanol–water partition coefficient (Wildman–Crippen LogP) is 2.51. The molecule has 0 aliphatic rings. The normalized spacial score (nSPS) is 10.8. The smallest absolute Gasteiger partial charge is 0.311 e. The van der Waals surface area contributed by atoms with Crippen LogP contribution in [0.4, 0.5) is 0 Å². The van der Waals surface area contributed by atoms with E-state index in [1.165, 1.54) is 11.3 Å². The van der Waals surface area contributed by atoms with Gasteiger partial charge >= 0.3 is 5.97 Å². The van der Waals surface area contributed by atoms with Gasteiger partial charge in [-0.2, -0.15) is 0 Å². The van der Waals surface area contributed by atoms with Gasteiger partial charge in [-0.05, 0) is 24.6 Å². The molecule has 3 aromatic rings. The highest BCUT2D eigenvalue weighted by Gasteiger charge is 2.17. The Kier molecular flexibility index (Phi) is 5.80. The molecule has 1 aromatic carbocycles. The Morgan fingerprint density at radius 2 is 1.85 bits per heavy atom. The zero-order valence-corrected chi connectivity index (χ0v) is 16.5. The van der Waals surface area contributed by atoms with Crippen LogP contribution in [-0.4, -0.2) is 48.5 Å². The number of thiazole rings is 1. The van der Waals surface area contributed by atoms with Gasteiger partial charge in [0, 0.05) is 11.8 Å². The van der Waals surface area contributed by atoms with E-state index in [4.69, 9.17) is 18.9 Å². The summed E-state index contributed by atoms with van der Waals surface area (Å²) in [5, 5.41) is 6.40. The van der Waals surface area contributed by atoms with Gasteiger partial charge < -0.3 is 18.9 Å². The lowest BCUT2D eigenvalue weighted by molar-refractivity contribution is -0.142. The third kappa shape index (κ3) is 3.97. The van der Waals surface area contributed by atoms with Crippen LogP contribution in [0.3, 0.4) is 0 Å². The maximum atomic E-state index is 11.7. The number of methoxy groups -OCH3 is 3. The quantitative estimate of drug-likeness (QED) is 0.546. The lowest BCUT2D eigenvalue weighted by atomic mass is 10.1. The van der Waals surface area contributed by atoms with Gasteiger partial charge in [0.05, 0.1) is 40.1 Å². The van der Waals surface area contributed by atoms with Crippen LogP contribution in [-0.2, 0) is 22.4 Å². The second kappa shape index (κ2) is 8.26. The summed E-state index contributed by atoms with van der Waals surface area (Å²) in [5.74, 6) is 2.06. The SMILES string of the molecule is CCOC(=O)Cc1csc2nc(Cc3cc(OC)c(OC)c(OC)c3)nn12. The first kappa shape index (κ1) is 19.0. The number of carbonyl (C=O) groups excluding carboxylic acids is 1. The van der Waals surface area contributed by atoms with Crippen molar-refractivity contribution < 1.29 is 23.7 Å². The lowest BCUT2D eigenvalue weighted by Crippen LogP contribution is -2.09. The van der Waals surface area contributed by atoms with Crippen molar-refractivity contribution in [1.29, 1.82) is 0 Å². The molecule has 144 valence electrons. The first-order chi connectivity index (χ1) is 13.1. The molecule has 9 heteroatoms. The number of hydrogen-bond donors (Lipinski definition) is 0. The van der Waals surface area contributed by atoms with Gasteiger partial charge in [0.15, 0.2) is 17.3 Å². The molecule has 0 N–H and O–H groups in total. The van der Waals surface area contributed by atoms with E-state index in [0.717, 1.165) is 16.2 Å². The van der Waals surface area contributed by atoms with E-state index in [1.807, 2.05) is 17.5 Å². The second-order valence-corrected chi connectivity index (χ2v) is 6.48. The Labute approximate surface area is 160 Å². The van der Waals surface area contributed by atoms with Crippen molar-refractivity contribution in [2.24, 2.45) is 0 Å². The predicted molar refractivity (Wildman–Crippen MR) is 100 cm³/mol. The first-order valence-corrected chi connectivity index (χ1v) is 9.24. The number of carbonyl (C=O) groups is 1. The lowest BCUT2D eigenvalue weighted by Gasteiger charge is -2.13. The zero-order valence-electron chi connectivity index (χ0n) is 15.6. The minimum Gasteiger partial charge on any atom is -0.493 e. The standard InChI is InChI=1S/C18H21N3O5S/c1-5-26-16(22)9-12-10-27-18-19-15(20-21(12)18)8-11-6-13(23-2)17(25-4)14(7-11)24-3/h6-7,10H,5,8-9H2,1-4H3. The maximum Gasteiger partial charge on any atom is 0.311 e. The zero-order chi connectivity index (χ0) is 19.4. The minimum atomic E-state index is -0.279. The van der Waals surface area contributed by atoms with Gasteiger partial charge in [0.25, 0.3) is 0 Å². The molecule has 27 heavy (non-hydrogen) atoms. The molecule has 0 bridgehead atoms. The number of rotatable bonds is 8. The van der Waals surface area contributed by atoms with E-state index in [1.54, 1.807) is 32.8 Å². The Balaban J connectivity index is 1.87.